The number of nitrogens with zero attached hydrogens (tertiary/aromatic N) is 1. The van der Waals surface area contributed by atoms with Gasteiger partial charge in [0.15, 0.2) is 5.11 Å². The van der Waals surface area contributed by atoms with Gasteiger partial charge in [0.05, 0.1) is 17.2 Å². The molecular weight excluding hydrogens is 382 g/mol. The highest BCUT2D eigenvalue weighted by Gasteiger charge is 2.21. The third-order valence-electron chi connectivity index (χ3n) is 4.60. The average Bonchev–Trinajstić information content (AvgIpc) is 2.60. The van der Waals surface area contributed by atoms with Crippen LogP contribution in [-0.2, 0) is 4.74 Å². The molecule has 2 N–H and O–H groups in total. The van der Waals surface area contributed by atoms with Gasteiger partial charge in [0.2, 0.25) is 0 Å². The first-order chi connectivity index (χ1) is 12.9. The van der Waals surface area contributed by atoms with E-state index in [0.717, 1.165) is 31.3 Å². The number of nitrogens with one attached hydrogen (secondary N) is 2. The number of likely N-dealkylation sites (tertiary alicyclic amines) is 1. The van der Waals surface area contributed by atoms with Crippen LogP contribution in [0.15, 0.2) is 18.2 Å². The van der Waals surface area contributed by atoms with E-state index in [2.05, 4.69) is 29.4 Å². The van der Waals surface area contributed by atoms with Crippen LogP contribution in [0.2, 0.25) is 5.02 Å². The van der Waals surface area contributed by atoms with Crippen LogP contribution in [0.3, 0.4) is 0 Å². The predicted octanol–water partition coefficient (Wildman–Crippen LogP) is 4.17. The maximum atomic E-state index is 11.9. The average molecular weight is 412 g/mol. The standard InChI is InChI=1S/C20H30ClN3O2S/c1-4-26-19(25)17-11-16(6-7-18(17)21)23-20(27)22-8-5-9-24-12-14(2)10-15(3)13-24/h6-7,11,14-15H,4-5,8-10,12-13H2,1-3H3,(H2,22,23,27). The minimum Gasteiger partial charge on any atom is -0.462 e. The van der Waals surface area contributed by atoms with Gasteiger partial charge >= 0.3 is 5.97 Å². The molecule has 0 aliphatic carbocycles. The Morgan fingerprint density at radius 2 is 2.04 bits per heavy atom. The van der Waals surface area contributed by atoms with Crippen molar-refractivity contribution in [1.29, 1.82) is 0 Å². The number of carbonyl (C=O) groups is 1. The highest BCUT2D eigenvalue weighted by Crippen LogP contribution is 2.22. The summed E-state index contributed by atoms with van der Waals surface area (Å²) < 4.78 is 5.02. The first kappa shape index (κ1) is 21.9. The Balaban J connectivity index is 1.75. The number of hydrogen-bond acceptors (Lipinski definition) is 4. The molecular formula is C20H30ClN3O2S. The molecule has 150 valence electrons. The molecule has 0 spiro atoms. The predicted molar refractivity (Wildman–Crippen MR) is 116 cm³/mol. The van der Waals surface area contributed by atoms with Crippen LogP contribution in [0, 0.1) is 11.8 Å². The summed E-state index contributed by atoms with van der Waals surface area (Å²) in [6.45, 7) is 11.0. The van der Waals surface area contributed by atoms with Gasteiger partial charge in [-0.05, 0) is 68.6 Å². The maximum Gasteiger partial charge on any atom is 0.339 e. The molecule has 2 rings (SSSR count). The number of ether oxygens (including phenoxy) is 1. The van der Waals surface area contributed by atoms with E-state index in [9.17, 15) is 4.79 Å². The molecule has 1 fully saturated rings. The van der Waals surface area contributed by atoms with Gasteiger partial charge in [-0.3, -0.25) is 0 Å². The van der Waals surface area contributed by atoms with Gasteiger partial charge in [0.25, 0.3) is 0 Å². The molecule has 1 aliphatic rings. The lowest BCUT2D eigenvalue weighted by atomic mass is 9.92. The van der Waals surface area contributed by atoms with E-state index < -0.39 is 5.97 Å². The fourth-order valence-electron chi connectivity index (χ4n) is 3.62. The van der Waals surface area contributed by atoms with Crippen LogP contribution < -0.4 is 10.6 Å². The van der Waals surface area contributed by atoms with Crippen LogP contribution >= 0.6 is 23.8 Å². The van der Waals surface area contributed by atoms with Crippen molar-refractivity contribution in [3.05, 3.63) is 28.8 Å². The third kappa shape index (κ3) is 7.28. The van der Waals surface area contributed by atoms with Crippen LogP contribution in [-0.4, -0.2) is 48.8 Å². The summed E-state index contributed by atoms with van der Waals surface area (Å²) in [5.74, 6) is 1.13. The lowest BCUT2D eigenvalue weighted by molar-refractivity contribution is 0.0526. The Kier molecular flexibility index (Phi) is 8.80. The number of carbonyl (C=O) groups excluding carboxylic acids is 1. The van der Waals surface area contributed by atoms with Gasteiger partial charge in [-0.15, -0.1) is 0 Å². The summed E-state index contributed by atoms with van der Waals surface area (Å²) >= 11 is 11.4. The Bertz CT molecular complexity index is 646. The molecule has 1 aromatic rings. The molecule has 1 heterocycles. The molecule has 0 radical (unpaired) electrons. The van der Waals surface area contributed by atoms with Crippen LogP contribution in [0.4, 0.5) is 5.69 Å². The van der Waals surface area contributed by atoms with Crippen molar-refractivity contribution >= 4 is 40.6 Å². The van der Waals surface area contributed by atoms with Gasteiger partial charge in [0, 0.05) is 25.3 Å². The van der Waals surface area contributed by atoms with E-state index in [1.54, 1.807) is 25.1 Å². The number of esters is 1. The minimum absolute atomic E-state index is 0.307. The molecule has 0 aromatic heterocycles. The van der Waals surface area contributed by atoms with Crippen molar-refractivity contribution in [2.45, 2.75) is 33.6 Å². The van der Waals surface area contributed by atoms with Crippen molar-refractivity contribution in [3.63, 3.8) is 0 Å². The zero-order valence-corrected chi connectivity index (χ0v) is 18.0. The van der Waals surface area contributed by atoms with E-state index in [-0.39, 0.29) is 0 Å². The van der Waals surface area contributed by atoms with Crippen molar-refractivity contribution in [2.75, 3.05) is 38.1 Å². The fraction of sp³-hybridized carbons (Fsp3) is 0.600. The summed E-state index contributed by atoms with van der Waals surface area (Å²) in [4.78, 5) is 14.5. The SMILES string of the molecule is CCOC(=O)c1cc(NC(=S)NCCCN2CC(C)CC(C)C2)ccc1Cl. The highest BCUT2D eigenvalue weighted by molar-refractivity contribution is 7.80. The van der Waals surface area contributed by atoms with E-state index in [1.807, 2.05) is 0 Å². The molecule has 0 amide bonds. The van der Waals surface area contributed by atoms with Crippen LogP contribution in [0.25, 0.3) is 0 Å². The van der Waals surface area contributed by atoms with Crippen LogP contribution in [0.5, 0.6) is 0 Å². The fourth-order valence-corrected chi connectivity index (χ4v) is 4.04. The molecule has 1 aromatic carbocycles. The monoisotopic (exact) mass is 411 g/mol. The van der Waals surface area contributed by atoms with Gasteiger partial charge in [-0.2, -0.15) is 0 Å². The van der Waals surface area contributed by atoms with Crippen molar-refractivity contribution < 1.29 is 9.53 Å². The summed E-state index contributed by atoms with van der Waals surface area (Å²) in [7, 11) is 0. The number of halogens is 1. The molecule has 0 bridgehead atoms. The number of anilines is 1. The molecule has 5 nitrogen and oxygen atoms in total. The van der Waals surface area contributed by atoms with E-state index in [0.29, 0.717) is 28.0 Å². The molecule has 1 aliphatic heterocycles. The molecule has 1 saturated heterocycles. The zero-order chi connectivity index (χ0) is 19.8. The lowest BCUT2D eigenvalue weighted by Gasteiger charge is -2.35. The summed E-state index contributed by atoms with van der Waals surface area (Å²) in [6, 6.07) is 5.11. The second-order valence-electron chi connectivity index (χ2n) is 7.36. The minimum atomic E-state index is -0.435. The van der Waals surface area contributed by atoms with Crippen molar-refractivity contribution in [3.8, 4) is 0 Å². The molecule has 2 unspecified atom stereocenters. The van der Waals surface area contributed by atoms with Gasteiger partial charge in [-0.1, -0.05) is 25.4 Å². The molecule has 2 atom stereocenters. The topological polar surface area (TPSA) is 53.6 Å². The quantitative estimate of drug-likeness (QED) is 0.399. The van der Waals surface area contributed by atoms with Gasteiger partial charge in [0.1, 0.15) is 0 Å². The second kappa shape index (κ2) is 10.8. The van der Waals surface area contributed by atoms with Crippen molar-refractivity contribution in [1.82, 2.24) is 10.2 Å². The van der Waals surface area contributed by atoms with E-state index in [1.165, 1.54) is 19.5 Å². The number of hydrogen-bond donors (Lipinski definition) is 2. The zero-order valence-electron chi connectivity index (χ0n) is 16.4. The first-order valence-electron chi connectivity index (χ1n) is 9.63. The van der Waals surface area contributed by atoms with E-state index in [4.69, 9.17) is 28.6 Å². The molecule has 27 heavy (non-hydrogen) atoms. The Hall–Kier alpha value is -1.37. The maximum absolute atomic E-state index is 11.9. The molecule has 7 heteroatoms. The number of thiocarbonyl (C=S) groups is 1. The Morgan fingerprint density at radius 3 is 2.70 bits per heavy atom. The summed E-state index contributed by atoms with van der Waals surface area (Å²) in [5.41, 5.74) is 1.04. The van der Waals surface area contributed by atoms with Gasteiger partial charge in [-0.25, -0.2) is 4.79 Å². The smallest absolute Gasteiger partial charge is 0.339 e. The Morgan fingerprint density at radius 1 is 1.33 bits per heavy atom. The largest absolute Gasteiger partial charge is 0.462 e. The third-order valence-corrected chi connectivity index (χ3v) is 5.18. The Labute approximate surface area is 172 Å². The first-order valence-corrected chi connectivity index (χ1v) is 10.4. The molecule has 0 saturated carbocycles. The summed E-state index contributed by atoms with van der Waals surface area (Å²) in [5, 5.41) is 7.22. The number of rotatable bonds is 7. The number of piperidine rings is 1. The summed E-state index contributed by atoms with van der Waals surface area (Å²) in [6.07, 6.45) is 2.37. The van der Waals surface area contributed by atoms with E-state index >= 15 is 0 Å². The normalized spacial score (nSPS) is 20.1. The second-order valence-corrected chi connectivity index (χ2v) is 8.17. The highest BCUT2D eigenvalue weighted by atomic mass is 35.5. The van der Waals surface area contributed by atoms with Crippen LogP contribution in [0.1, 0.15) is 44.0 Å². The number of benzene rings is 1. The lowest BCUT2D eigenvalue weighted by Crippen LogP contribution is -2.40. The van der Waals surface area contributed by atoms with Gasteiger partial charge < -0.3 is 20.3 Å². The van der Waals surface area contributed by atoms with Crippen molar-refractivity contribution in [2.24, 2.45) is 11.8 Å².